The highest BCUT2D eigenvalue weighted by molar-refractivity contribution is 5.71. The molecule has 6 nitrogen and oxygen atoms in total. The van der Waals surface area contributed by atoms with Gasteiger partial charge >= 0.3 is 17.9 Å². The van der Waals surface area contributed by atoms with E-state index in [9.17, 15) is 14.4 Å². The molecule has 364 valence electrons. The molecule has 0 aromatic heterocycles. The Morgan fingerprint density at radius 1 is 0.323 bits per heavy atom. The molecule has 0 radical (unpaired) electrons. The van der Waals surface area contributed by atoms with Crippen molar-refractivity contribution in [2.24, 2.45) is 0 Å². The van der Waals surface area contributed by atoms with Gasteiger partial charge in [0.1, 0.15) is 13.2 Å². The lowest BCUT2D eigenvalue weighted by atomic mass is 10.1. The number of allylic oxidation sites excluding steroid dienone is 22. The van der Waals surface area contributed by atoms with Gasteiger partial charge in [-0.2, -0.15) is 0 Å². The number of carbonyl (C=O) groups excluding carboxylic acids is 3. The predicted octanol–water partition coefficient (Wildman–Crippen LogP) is 17.1. The van der Waals surface area contributed by atoms with Crippen molar-refractivity contribution in [3.63, 3.8) is 0 Å². The molecule has 0 spiro atoms. The molecule has 0 aliphatic rings. The Hall–Kier alpha value is -4.45. The van der Waals surface area contributed by atoms with Crippen molar-refractivity contribution in [2.45, 2.75) is 207 Å². The van der Waals surface area contributed by atoms with Gasteiger partial charge in [-0.05, 0) is 122 Å². The van der Waals surface area contributed by atoms with Crippen LogP contribution >= 0.6 is 0 Å². The Morgan fingerprint density at radius 2 is 0.615 bits per heavy atom. The van der Waals surface area contributed by atoms with E-state index in [1.807, 2.05) is 0 Å². The number of ether oxygens (including phenoxy) is 3. The van der Waals surface area contributed by atoms with E-state index >= 15 is 0 Å². The van der Waals surface area contributed by atoms with E-state index < -0.39 is 6.10 Å². The van der Waals surface area contributed by atoms with Crippen LogP contribution < -0.4 is 0 Å². The van der Waals surface area contributed by atoms with Gasteiger partial charge in [0, 0.05) is 19.3 Å². The summed E-state index contributed by atoms with van der Waals surface area (Å²) < 4.78 is 16.7. The van der Waals surface area contributed by atoms with E-state index in [1.165, 1.54) is 38.5 Å². The lowest BCUT2D eigenvalue weighted by Gasteiger charge is -2.18. The third-order valence-corrected chi connectivity index (χ3v) is 10.1. The Morgan fingerprint density at radius 3 is 1.00 bits per heavy atom. The van der Waals surface area contributed by atoms with E-state index in [0.29, 0.717) is 12.8 Å². The highest BCUT2D eigenvalue weighted by Gasteiger charge is 2.19. The highest BCUT2D eigenvalue weighted by atomic mass is 16.6. The molecular formula is C59H92O6. The van der Waals surface area contributed by atoms with Crippen molar-refractivity contribution in [1.29, 1.82) is 0 Å². The molecule has 0 saturated heterocycles. The average molecular weight is 897 g/mol. The van der Waals surface area contributed by atoms with Gasteiger partial charge in [0.05, 0.1) is 0 Å². The maximum absolute atomic E-state index is 12.8. The largest absolute Gasteiger partial charge is 0.462 e. The molecular weight excluding hydrogens is 805 g/mol. The van der Waals surface area contributed by atoms with Gasteiger partial charge < -0.3 is 14.2 Å². The Kier molecular flexibility index (Phi) is 48.6. The molecule has 0 saturated carbocycles. The molecule has 0 bridgehead atoms. The van der Waals surface area contributed by atoms with Crippen LogP contribution in [0.15, 0.2) is 134 Å². The molecule has 65 heavy (non-hydrogen) atoms. The minimum atomic E-state index is -0.832. The zero-order valence-corrected chi connectivity index (χ0v) is 41.4. The van der Waals surface area contributed by atoms with Crippen LogP contribution in [0.1, 0.15) is 201 Å². The summed E-state index contributed by atoms with van der Waals surface area (Å²) in [5.74, 6) is -1.06. The van der Waals surface area contributed by atoms with Crippen LogP contribution in [-0.4, -0.2) is 37.2 Å². The van der Waals surface area contributed by atoms with E-state index in [0.717, 1.165) is 109 Å². The third-order valence-electron chi connectivity index (χ3n) is 10.1. The molecule has 0 aliphatic carbocycles. The highest BCUT2D eigenvalue weighted by Crippen LogP contribution is 2.12. The van der Waals surface area contributed by atoms with Crippen LogP contribution in [0.4, 0.5) is 0 Å². The molecule has 0 aliphatic heterocycles. The molecule has 0 N–H and O–H groups in total. The van der Waals surface area contributed by atoms with Crippen LogP contribution in [0, 0.1) is 0 Å². The Balaban J connectivity index is 4.60. The number of esters is 3. The van der Waals surface area contributed by atoms with Gasteiger partial charge in [-0.1, -0.05) is 193 Å². The average Bonchev–Trinajstić information content (AvgIpc) is 3.30. The van der Waals surface area contributed by atoms with E-state index in [1.54, 1.807) is 0 Å². The Labute approximate surface area is 398 Å². The van der Waals surface area contributed by atoms with Crippen LogP contribution in [0.3, 0.4) is 0 Å². The molecule has 6 heteroatoms. The summed E-state index contributed by atoms with van der Waals surface area (Å²) >= 11 is 0. The van der Waals surface area contributed by atoms with Gasteiger partial charge in [-0.25, -0.2) is 0 Å². The molecule has 0 atom stereocenters. The fraction of sp³-hybridized carbons (Fsp3) is 0.576. The molecule has 0 heterocycles. The second kappa shape index (κ2) is 52.2. The first-order valence-electron chi connectivity index (χ1n) is 25.7. The predicted molar refractivity (Wildman–Crippen MR) is 279 cm³/mol. The Bertz CT molecular complexity index is 1360. The second-order valence-electron chi connectivity index (χ2n) is 16.3. The smallest absolute Gasteiger partial charge is 0.306 e. The monoisotopic (exact) mass is 897 g/mol. The maximum Gasteiger partial charge on any atom is 0.306 e. The van der Waals surface area contributed by atoms with E-state index in [4.69, 9.17) is 14.2 Å². The van der Waals surface area contributed by atoms with E-state index in [-0.39, 0.29) is 50.4 Å². The third kappa shape index (κ3) is 50.4. The number of hydrogen-bond donors (Lipinski definition) is 0. The first-order chi connectivity index (χ1) is 32.0. The van der Waals surface area contributed by atoms with Crippen molar-refractivity contribution in [2.75, 3.05) is 13.2 Å². The fourth-order valence-electron chi connectivity index (χ4n) is 6.33. The van der Waals surface area contributed by atoms with Gasteiger partial charge in [-0.15, -0.1) is 0 Å². The lowest BCUT2D eigenvalue weighted by molar-refractivity contribution is -0.167. The summed E-state index contributed by atoms with van der Waals surface area (Å²) in [5.41, 5.74) is 0. The molecule has 0 aromatic carbocycles. The SMILES string of the molecule is CC/C=C\C/C=C\C/C=C\C/C=C\C/C=C\CCCC(=O)OCC(COC(=O)CCC/C=C\C/C=C\C/C=C\C/C=C\C/C=C\CC)OC(=O)CCCCCCC/C=C\CCCCCC. The minimum Gasteiger partial charge on any atom is -0.462 e. The zero-order valence-electron chi connectivity index (χ0n) is 41.4. The van der Waals surface area contributed by atoms with Crippen molar-refractivity contribution in [3.8, 4) is 0 Å². The zero-order chi connectivity index (χ0) is 47.2. The molecule has 0 fully saturated rings. The summed E-state index contributed by atoms with van der Waals surface area (Å²) in [6.45, 7) is 6.26. The number of unbranched alkanes of at least 4 members (excludes halogenated alkanes) is 11. The number of hydrogen-bond acceptors (Lipinski definition) is 6. The van der Waals surface area contributed by atoms with Crippen LogP contribution in [0.5, 0.6) is 0 Å². The van der Waals surface area contributed by atoms with Crippen molar-refractivity contribution < 1.29 is 28.6 Å². The van der Waals surface area contributed by atoms with Gasteiger partial charge in [0.2, 0.25) is 0 Å². The first-order valence-corrected chi connectivity index (χ1v) is 25.7. The minimum absolute atomic E-state index is 0.133. The van der Waals surface area contributed by atoms with E-state index in [2.05, 4.69) is 154 Å². The summed E-state index contributed by atoms with van der Waals surface area (Å²) in [4.78, 5) is 38.0. The normalized spacial score (nSPS) is 12.8. The molecule has 0 aromatic rings. The molecule has 0 amide bonds. The number of rotatable bonds is 44. The molecule has 0 unspecified atom stereocenters. The van der Waals surface area contributed by atoms with Crippen molar-refractivity contribution in [3.05, 3.63) is 134 Å². The summed E-state index contributed by atoms with van der Waals surface area (Å²) in [5, 5.41) is 0. The van der Waals surface area contributed by atoms with Crippen molar-refractivity contribution >= 4 is 17.9 Å². The summed E-state index contributed by atoms with van der Waals surface area (Å²) in [7, 11) is 0. The van der Waals surface area contributed by atoms with Gasteiger partial charge in [-0.3, -0.25) is 14.4 Å². The topological polar surface area (TPSA) is 78.9 Å². The van der Waals surface area contributed by atoms with Crippen LogP contribution in [0.25, 0.3) is 0 Å². The first kappa shape index (κ1) is 60.6. The summed E-state index contributed by atoms with van der Waals surface area (Å²) in [6.07, 6.45) is 73.0. The van der Waals surface area contributed by atoms with Crippen LogP contribution in [-0.2, 0) is 28.6 Å². The maximum atomic E-state index is 12.8. The van der Waals surface area contributed by atoms with Crippen molar-refractivity contribution in [1.82, 2.24) is 0 Å². The fourth-order valence-corrected chi connectivity index (χ4v) is 6.33. The number of carbonyl (C=O) groups is 3. The van der Waals surface area contributed by atoms with Gasteiger partial charge in [0.15, 0.2) is 6.10 Å². The van der Waals surface area contributed by atoms with Crippen LogP contribution in [0.2, 0.25) is 0 Å². The molecule has 0 rings (SSSR count). The van der Waals surface area contributed by atoms with Gasteiger partial charge in [0.25, 0.3) is 0 Å². The standard InChI is InChI=1S/C59H92O6/c1-4-7-10-13-16-19-22-25-27-29-31-34-36-39-42-45-48-51-57(60)63-54-56(65-59(62)53-50-47-44-41-38-33-24-21-18-15-12-9-6-3)55-64-58(61)52-49-46-43-40-37-35-32-30-28-26-23-20-17-14-11-8-5-2/h7-8,10-11,16-17,19-21,24-28,31-32,34-35,39-40,42-43,56H,4-6,9,12-15,18,22-23,29-30,33,36-38,41,44-55H2,1-3H3/b10-7-,11-8-,19-16-,20-17-,24-21-,27-25-,28-26-,34-31-,35-32-,42-39-,43-40-. The summed E-state index contributed by atoms with van der Waals surface area (Å²) in [6, 6.07) is 0. The quantitative estimate of drug-likeness (QED) is 0.0262. The lowest BCUT2D eigenvalue weighted by Crippen LogP contribution is -2.30. The second-order valence-corrected chi connectivity index (χ2v) is 16.3.